The standard InChI is InChI=1S/C12H15ClFN/c13-10-5-3-4-9(8-10)12(14)11-6-1-2-7-15-11/h3-5,8,11-12,15H,1-2,6-7H2. The lowest BCUT2D eigenvalue weighted by molar-refractivity contribution is 0.221. The van der Waals surface area contributed by atoms with E-state index >= 15 is 0 Å². The maximum atomic E-state index is 14.1. The van der Waals surface area contributed by atoms with E-state index in [4.69, 9.17) is 11.6 Å². The number of rotatable bonds is 2. The number of nitrogens with one attached hydrogen (secondary N) is 1. The van der Waals surface area contributed by atoms with Gasteiger partial charge in [0.1, 0.15) is 6.17 Å². The molecule has 3 heteroatoms. The zero-order valence-electron chi connectivity index (χ0n) is 8.55. The number of halogens is 2. The second-order valence-electron chi connectivity index (χ2n) is 4.01. The molecule has 0 amide bonds. The molecule has 82 valence electrons. The molecule has 1 heterocycles. The van der Waals surface area contributed by atoms with E-state index in [2.05, 4.69) is 5.32 Å². The topological polar surface area (TPSA) is 12.0 Å². The fourth-order valence-corrected chi connectivity index (χ4v) is 2.24. The Morgan fingerprint density at radius 3 is 2.93 bits per heavy atom. The van der Waals surface area contributed by atoms with Gasteiger partial charge in [-0.15, -0.1) is 0 Å². The monoisotopic (exact) mass is 227 g/mol. The lowest BCUT2D eigenvalue weighted by atomic mass is 9.96. The molecule has 1 saturated heterocycles. The molecule has 1 N–H and O–H groups in total. The first kappa shape index (κ1) is 10.9. The Morgan fingerprint density at radius 1 is 1.40 bits per heavy atom. The van der Waals surface area contributed by atoms with Crippen LogP contribution in [0.4, 0.5) is 4.39 Å². The number of hydrogen-bond acceptors (Lipinski definition) is 1. The highest BCUT2D eigenvalue weighted by atomic mass is 35.5. The molecule has 1 aromatic carbocycles. The molecule has 2 atom stereocenters. The Kier molecular flexibility index (Phi) is 3.60. The van der Waals surface area contributed by atoms with Crippen LogP contribution in [0.2, 0.25) is 5.02 Å². The number of piperidine rings is 1. The van der Waals surface area contributed by atoms with E-state index in [1.807, 2.05) is 0 Å². The Bertz CT molecular complexity index is 323. The van der Waals surface area contributed by atoms with Gasteiger partial charge in [-0.1, -0.05) is 30.2 Å². The van der Waals surface area contributed by atoms with Crippen LogP contribution < -0.4 is 5.32 Å². The third kappa shape index (κ3) is 2.70. The minimum absolute atomic E-state index is 0.0442. The number of hydrogen-bond donors (Lipinski definition) is 1. The summed E-state index contributed by atoms with van der Waals surface area (Å²) in [6.45, 7) is 0.922. The minimum atomic E-state index is -0.941. The van der Waals surface area contributed by atoms with Crippen LogP contribution in [0.1, 0.15) is 31.0 Å². The van der Waals surface area contributed by atoms with Crippen LogP contribution in [-0.4, -0.2) is 12.6 Å². The predicted molar refractivity (Wildman–Crippen MR) is 60.9 cm³/mol. The first-order valence-electron chi connectivity index (χ1n) is 5.40. The van der Waals surface area contributed by atoms with Crippen molar-refractivity contribution in [1.29, 1.82) is 0 Å². The molecule has 2 unspecified atom stereocenters. The van der Waals surface area contributed by atoms with Crippen molar-refractivity contribution < 1.29 is 4.39 Å². The van der Waals surface area contributed by atoms with Gasteiger partial charge in [-0.05, 0) is 37.1 Å². The van der Waals surface area contributed by atoms with Gasteiger partial charge in [0.05, 0.1) is 0 Å². The quantitative estimate of drug-likeness (QED) is 0.816. The highest BCUT2D eigenvalue weighted by molar-refractivity contribution is 6.30. The van der Waals surface area contributed by atoms with Gasteiger partial charge in [0, 0.05) is 11.1 Å². The van der Waals surface area contributed by atoms with Crippen molar-refractivity contribution >= 4 is 11.6 Å². The maximum absolute atomic E-state index is 14.1. The molecule has 0 aromatic heterocycles. The minimum Gasteiger partial charge on any atom is -0.311 e. The first-order valence-corrected chi connectivity index (χ1v) is 5.78. The predicted octanol–water partition coefficient (Wildman–Crippen LogP) is 3.49. The van der Waals surface area contributed by atoms with E-state index < -0.39 is 6.17 Å². The first-order chi connectivity index (χ1) is 7.27. The summed E-state index contributed by atoms with van der Waals surface area (Å²) in [4.78, 5) is 0. The second kappa shape index (κ2) is 4.95. The molecule has 1 aromatic rings. The van der Waals surface area contributed by atoms with Gasteiger partial charge in [0.2, 0.25) is 0 Å². The van der Waals surface area contributed by atoms with E-state index in [1.165, 1.54) is 0 Å². The molecule has 1 fully saturated rings. The van der Waals surface area contributed by atoms with E-state index in [0.717, 1.165) is 25.8 Å². The largest absolute Gasteiger partial charge is 0.311 e. The lowest BCUT2D eigenvalue weighted by Gasteiger charge is -2.26. The van der Waals surface area contributed by atoms with Crippen molar-refractivity contribution in [2.45, 2.75) is 31.5 Å². The molecule has 1 aliphatic rings. The summed E-state index contributed by atoms with van der Waals surface area (Å²) in [5.41, 5.74) is 0.682. The molecule has 0 bridgehead atoms. The molecular weight excluding hydrogens is 213 g/mol. The molecule has 0 radical (unpaired) electrons. The summed E-state index contributed by atoms with van der Waals surface area (Å²) in [6, 6.07) is 7.03. The molecule has 0 saturated carbocycles. The van der Waals surface area contributed by atoms with Crippen LogP contribution in [0.15, 0.2) is 24.3 Å². The van der Waals surface area contributed by atoms with Gasteiger partial charge in [-0.25, -0.2) is 4.39 Å². The molecule has 1 aliphatic heterocycles. The zero-order chi connectivity index (χ0) is 10.7. The van der Waals surface area contributed by atoms with Crippen LogP contribution in [-0.2, 0) is 0 Å². The highest BCUT2D eigenvalue weighted by Crippen LogP contribution is 2.27. The van der Waals surface area contributed by atoms with Gasteiger partial charge < -0.3 is 5.32 Å². The smallest absolute Gasteiger partial charge is 0.140 e. The van der Waals surface area contributed by atoms with Crippen molar-refractivity contribution in [2.24, 2.45) is 0 Å². The third-order valence-corrected chi connectivity index (χ3v) is 3.10. The van der Waals surface area contributed by atoms with Crippen LogP contribution in [0, 0.1) is 0 Å². The van der Waals surface area contributed by atoms with Crippen molar-refractivity contribution in [3.8, 4) is 0 Å². The van der Waals surface area contributed by atoms with E-state index in [1.54, 1.807) is 24.3 Å². The SMILES string of the molecule is FC(c1cccc(Cl)c1)C1CCCCN1. The normalized spacial score (nSPS) is 23.7. The van der Waals surface area contributed by atoms with Crippen molar-refractivity contribution in [1.82, 2.24) is 5.32 Å². The Balaban J connectivity index is 2.08. The summed E-state index contributed by atoms with van der Waals surface area (Å²) in [6.07, 6.45) is 2.23. The number of alkyl halides is 1. The Labute approximate surface area is 94.6 Å². The summed E-state index contributed by atoms with van der Waals surface area (Å²) >= 11 is 5.84. The molecule has 15 heavy (non-hydrogen) atoms. The van der Waals surface area contributed by atoms with Gasteiger partial charge >= 0.3 is 0 Å². The van der Waals surface area contributed by atoms with Crippen LogP contribution in [0.5, 0.6) is 0 Å². The average Bonchev–Trinajstić information content (AvgIpc) is 2.29. The summed E-state index contributed by atoms with van der Waals surface area (Å²) in [5, 5.41) is 3.82. The van der Waals surface area contributed by atoms with Gasteiger partial charge in [-0.3, -0.25) is 0 Å². The van der Waals surface area contributed by atoms with E-state index in [-0.39, 0.29) is 6.04 Å². The van der Waals surface area contributed by atoms with Gasteiger partial charge in [-0.2, -0.15) is 0 Å². The Hall–Kier alpha value is -0.600. The molecule has 0 aliphatic carbocycles. The van der Waals surface area contributed by atoms with E-state index in [9.17, 15) is 4.39 Å². The molecule has 1 nitrogen and oxygen atoms in total. The average molecular weight is 228 g/mol. The van der Waals surface area contributed by atoms with E-state index in [0.29, 0.717) is 10.6 Å². The Morgan fingerprint density at radius 2 is 2.27 bits per heavy atom. The van der Waals surface area contributed by atoms with Crippen molar-refractivity contribution in [3.63, 3.8) is 0 Å². The summed E-state index contributed by atoms with van der Waals surface area (Å²) < 4.78 is 14.1. The molecule has 2 rings (SSSR count). The fourth-order valence-electron chi connectivity index (χ4n) is 2.04. The zero-order valence-corrected chi connectivity index (χ0v) is 9.30. The van der Waals surface area contributed by atoms with Gasteiger partial charge in [0.25, 0.3) is 0 Å². The van der Waals surface area contributed by atoms with Gasteiger partial charge in [0.15, 0.2) is 0 Å². The number of benzene rings is 1. The van der Waals surface area contributed by atoms with Crippen molar-refractivity contribution in [2.75, 3.05) is 6.54 Å². The summed E-state index contributed by atoms with van der Waals surface area (Å²) in [5.74, 6) is 0. The fraction of sp³-hybridized carbons (Fsp3) is 0.500. The summed E-state index contributed by atoms with van der Waals surface area (Å²) in [7, 11) is 0. The van der Waals surface area contributed by atoms with Crippen LogP contribution >= 0.6 is 11.6 Å². The lowest BCUT2D eigenvalue weighted by Crippen LogP contribution is -2.37. The maximum Gasteiger partial charge on any atom is 0.140 e. The van der Waals surface area contributed by atoms with Crippen LogP contribution in [0.3, 0.4) is 0 Å². The molecular formula is C12H15ClFN. The van der Waals surface area contributed by atoms with Crippen LogP contribution in [0.25, 0.3) is 0 Å². The highest BCUT2D eigenvalue weighted by Gasteiger charge is 2.24. The second-order valence-corrected chi connectivity index (χ2v) is 4.45. The third-order valence-electron chi connectivity index (χ3n) is 2.87. The van der Waals surface area contributed by atoms with Crippen molar-refractivity contribution in [3.05, 3.63) is 34.9 Å². The molecule has 0 spiro atoms.